The number of nitrogen functional groups attached to an aromatic ring is 1. The molecule has 21 heavy (non-hydrogen) atoms. The SMILES string of the molecule is CSC(CO)C(C)NS(=O)(=O)CCSc1cccc(N)c1. The van der Waals surface area contributed by atoms with Crippen LogP contribution in [0.2, 0.25) is 0 Å². The van der Waals surface area contributed by atoms with Crippen LogP contribution in [0.15, 0.2) is 29.2 Å². The number of anilines is 1. The molecular weight excluding hydrogens is 328 g/mol. The number of thioether (sulfide) groups is 2. The first-order valence-electron chi connectivity index (χ1n) is 6.50. The van der Waals surface area contributed by atoms with Gasteiger partial charge in [-0.05, 0) is 31.4 Å². The van der Waals surface area contributed by atoms with E-state index in [-0.39, 0.29) is 23.7 Å². The zero-order valence-corrected chi connectivity index (χ0v) is 14.6. The van der Waals surface area contributed by atoms with Gasteiger partial charge in [-0.2, -0.15) is 11.8 Å². The second kappa shape index (κ2) is 8.89. The van der Waals surface area contributed by atoms with E-state index in [0.717, 1.165) is 4.90 Å². The molecule has 0 aliphatic rings. The number of hydrogen-bond donors (Lipinski definition) is 3. The van der Waals surface area contributed by atoms with Gasteiger partial charge in [-0.25, -0.2) is 13.1 Å². The summed E-state index contributed by atoms with van der Waals surface area (Å²) in [6, 6.07) is 7.06. The Hall–Kier alpha value is -0.410. The highest BCUT2D eigenvalue weighted by atomic mass is 32.2. The Kier molecular flexibility index (Phi) is 7.89. The number of nitrogens with one attached hydrogen (secondary N) is 1. The third kappa shape index (κ3) is 6.92. The first kappa shape index (κ1) is 18.6. The summed E-state index contributed by atoms with van der Waals surface area (Å²) < 4.78 is 26.6. The van der Waals surface area contributed by atoms with Crippen molar-refractivity contribution in [1.29, 1.82) is 0 Å². The van der Waals surface area contributed by atoms with Gasteiger partial charge in [0.15, 0.2) is 0 Å². The van der Waals surface area contributed by atoms with Crippen LogP contribution in [-0.2, 0) is 10.0 Å². The van der Waals surface area contributed by atoms with E-state index < -0.39 is 10.0 Å². The van der Waals surface area contributed by atoms with Gasteiger partial charge in [-0.1, -0.05) is 6.07 Å². The Morgan fingerprint density at radius 3 is 2.71 bits per heavy atom. The van der Waals surface area contributed by atoms with Crippen LogP contribution in [0.25, 0.3) is 0 Å². The summed E-state index contributed by atoms with van der Waals surface area (Å²) in [6.07, 6.45) is 1.85. The topological polar surface area (TPSA) is 92.4 Å². The Balaban J connectivity index is 2.46. The molecule has 0 aliphatic heterocycles. The smallest absolute Gasteiger partial charge is 0.212 e. The van der Waals surface area contributed by atoms with E-state index in [4.69, 9.17) is 5.73 Å². The average molecular weight is 351 g/mol. The molecule has 0 fully saturated rings. The van der Waals surface area contributed by atoms with Gasteiger partial charge in [-0.3, -0.25) is 0 Å². The normalized spacial score (nSPS) is 14.8. The number of hydrogen-bond acceptors (Lipinski definition) is 6. The summed E-state index contributed by atoms with van der Waals surface area (Å²) in [5, 5.41) is 9.03. The van der Waals surface area contributed by atoms with Crippen molar-refractivity contribution in [3.05, 3.63) is 24.3 Å². The van der Waals surface area contributed by atoms with Crippen LogP contribution in [0.1, 0.15) is 6.92 Å². The molecule has 0 amide bonds. The highest BCUT2D eigenvalue weighted by Gasteiger charge is 2.21. The van der Waals surface area contributed by atoms with Crippen LogP contribution in [0, 0.1) is 0 Å². The molecule has 0 radical (unpaired) electrons. The Labute approximate surface area is 135 Å². The summed E-state index contributed by atoms with van der Waals surface area (Å²) in [6.45, 7) is 1.71. The molecule has 8 heteroatoms. The Bertz CT molecular complexity index is 533. The maximum atomic E-state index is 12.0. The average Bonchev–Trinajstić information content (AvgIpc) is 2.39. The van der Waals surface area contributed by atoms with Crippen molar-refractivity contribution in [2.75, 3.05) is 30.1 Å². The van der Waals surface area contributed by atoms with Gasteiger partial charge in [0.1, 0.15) is 0 Å². The van der Waals surface area contributed by atoms with E-state index in [0.29, 0.717) is 11.4 Å². The van der Waals surface area contributed by atoms with Crippen LogP contribution in [0.5, 0.6) is 0 Å². The predicted molar refractivity (Wildman–Crippen MR) is 92.4 cm³/mol. The van der Waals surface area contributed by atoms with E-state index in [1.165, 1.54) is 23.5 Å². The number of aliphatic hydroxyl groups excluding tert-OH is 1. The van der Waals surface area contributed by atoms with Gasteiger partial charge in [0, 0.05) is 27.6 Å². The highest BCUT2D eigenvalue weighted by molar-refractivity contribution is 8.00. The standard InChI is InChI=1S/C13H22N2O3S3/c1-10(13(9-16)19-2)15-21(17,18)7-6-20-12-5-3-4-11(14)8-12/h3-5,8,10,13,15-16H,6-7,9,14H2,1-2H3. The summed E-state index contributed by atoms with van der Waals surface area (Å²) in [7, 11) is -3.35. The van der Waals surface area contributed by atoms with Crippen LogP contribution in [0.4, 0.5) is 5.69 Å². The molecule has 0 spiro atoms. The molecule has 0 bridgehead atoms. The molecule has 1 aromatic rings. The molecule has 0 heterocycles. The largest absolute Gasteiger partial charge is 0.399 e. The molecule has 1 rings (SSSR count). The fraction of sp³-hybridized carbons (Fsp3) is 0.538. The minimum absolute atomic E-state index is 0.0311. The summed E-state index contributed by atoms with van der Waals surface area (Å²) >= 11 is 2.90. The molecule has 120 valence electrons. The minimum Gasteiger partial charge on any atom is -0.399 e. The lowest BCUT2D eigenvalue weighted by Crippen LogP contribution is -2.42. The molecular formula is C13H22N2O3S3. The number of rotatable bonds is 9. The second-order valence-corrected chi connectivity index (χ2v) is 8.72. The van der Waals surface area contributed by atoms with Crippen LogP contribution < -0.4 is 10.5 Å². The Morgan fingerprint density at radius 1 is 1.43 bits per heavy atom. The van der Waals surface area contributed by atoms with Crippen molar-refractivity contribution >= 4 is 39.2 Å². The molecule has 0 saturated carbocycles. The summed E-state index contributed by atoms with van der Waals surface area (Å²) in [5.41, 5.74) is 6.34. The third-order valence-corrected chi connectivity index (χ3v) is 6.77. The van der Waals surface area contributed by atoms with E-state index in [2.05, 4.69) is 4.72 Å². The lowest BCUT2D eigenvalue weighted by atomic mass is 10.3. The van der Waals surface area contributed by atoms with Gasteiger partial charge in [0.2, 0.25) is 10.0 Å². The molecule has 0 aromatic heterocycles. The summed E-state index contributed by atoms with van der Waals surface area (Å²) in [5.74, 6) is 0.484. The second-order valence-electron chi connectivity index (χ2n) is 4.60. The zero-order valence-electron chi connectivity index (χ0n) is 12.2. The molecule has 1 aromatic carbocycles. The number of nitrogens with two attached hydrogens (primary N) is 1. The molecule has 0 saturated heterocycles. The number of sulfonamides is 1. The van der Waals surface area contributed by atoms with Gasteiger partial charge in [0.05, 0.1) is 12.4 Å². The highest BCUT2D eigenvalue weighted by Crippen LogP contribution is 2.20. The summed E-state index contributed by atoms with van der Waals surface area (Å²) in [4.78, 5) is 0.954. The lowest BCUT2D eigenvalue weighted by Gasteiger charge is -2.21. The lowest BCUT2D eigenvalue weighted by molar-refractivity contribution is 0.282. The van der Waals surface area contributed by atoms with Crippen LogP contribution >= 0.6 is 23.5 Å². The minimum atomic E-state index is -3.35. The fourth-order valence-corrected chi connectivity index (χ4v) is 5.13. The monoisotopic (exact) mass is 350 g/mol. The molecule has 5 nitrogen and oxygen atoms in total. The van der Waals surface area contributed by atoms with Gasteiger partial charge >= 0.3 is 0 Å². The van der Waals surface area contributed by atoms with Gasteiger partial charge < -0.3 is 10.8 Å². The van der Waals surface area contributed by atoms with Gasteiger partial charge in [-0.15, -0.1) is 11.8 Å². The fourth-order valence-electron chi connectivity index (χ4n) is 1.73. The molecule has 2 atom stereocenters. The van der Waals surface area contributed by atoms with Crippen molar-refractivity contribution in [1.82, 2.24) is 4.72 Å². The van der Waals surface area contributed by atoms with Gasteiger partial charge in [0.25, 0.3) is 0 Å². The van der Waals surface area contributed by atoms with E-state index in [1.807, 2.05) is 24.5 Å². The van der Waals surface area contributed by atoms with E-state index in [1.54, 1.807) is 13.0 Å². The van der Waals surface area contributed by atoms with E-state index >= 15 is 0 Å². The maximum Gasteiger partial charge on any atom is 0.212 e. The third-order valence-electron chi connectivity index (χ3n) is 2.88. The Morgan fingerprint density at radius 2 is 2.14 bits per heavy atom. The molecule has 4 N–H and O–H groups in total. The number of aliphatic hydroxyl groups is 1. The zero-order chi connectivity index (χ0) is 15.9. The molecule has 2 unspecified atom stereocenters. The van der Waals surface area contributed by atoms with Crippen LogP contribution in [-0.4, -0.2) is 49.2 Å². The van der Waals surface area contributed by atoms with Crippen molar-refractivity contribution in [3.8, 4) is 0 Å². The maximum absolute atomic E-state index is 12.0. The van der Waals surface area contributed by atoms with Crippen molar-refractivity contribution in [2.24, 2.45) is 0 Å². The van der Waals surface area contributed by atoms with Crippen molar-refractivity contribution < 1.29 is 13.5 Å². The predicted octanol–water partition coefficient (Wildman–Crippen LogP) is 1.39. The number of benzene rings is 1. The first-order chi connectivity index (χ1) is 9.88. The van der Waals surface area contributed by atoms with E-state index in [9.17, 15) is 13.5 Å². The van der Waals surface area contributed by atoms with Crippen molar-refractivity contribution in [2.45, 2.75) is 23.1 Å². The van der Waals surface area contributed by atoms with Crippen molar-refractivity contribution in [3.63, 3.8) is 0 Å². The first-order valence-corrected chi connectivity index (χ1v) is 10.4. The quantitative estimate of drug-likeness (QED) is 0.460. The molecule has 0 aliphatic carbocycles. The van der Waals surface area contributed by atoms with Crippen LogP contribution in [0.3, 0.4) is 0 Å².